The second-order valence-corrected chi connectivity index (χ2v) is 6.80. The highest BCUT2D eigenvalue weighted by Crippen LogP contribution is 2.29. The Labute approximate surface area is 97.2 Å². The van der Waals surface area contributed by atoms with E-state index in [1.54, 1.807) is 0 Å². The van der Waals surface area contributed by atoms with E-state index in [0.29, 0.717) is 11.5 Å². The maximum absolute atomic E-state index is 2.47. The lowest BCUT2D eigenvalue weighted by Gasteiger charge is -2.33. The normalized spacial score (nSPS) is 15.4. The van der Waals surface area contributed by atoms with Gasteiger partial charge >= 0.3 is 0 Å². The SMILES string of the molecule is CC(C)C(CN(C)C(C)C)CC(C)(C)C. The molecule has 1 nitrogen and oxygen atoms in total. The van der Waals surface area contributed by atoms with Crippen molar-refractivity contribution in [3.05, 3.63) is 0 Å². The second-order valence-electron chi connectivity index (χ2n) is 6.80. The highest BCUT2D eigenvalue weighted by Gasteiger charge is 2.23. The van der Waals surface area contributed by atoms with E-state index in [-0.39, 0.29) is 0 Å². The fourth-order valence-corrected chi connectivity index (χ4v) is 1.88. The van der Waals surface area contributed by atoms with Crippen LogP contribution < -0.4 is 0 Å². The highest BCUT2D eigenvalue weighted by molar-refractivity contribution is 4.75. The lowest BCUT2D eigenvalue weighted by molar-refractivity contribution is 0.157. The molecule has 0 saturated carbocycles. The van der Waals surface area contributed by atoms with E-state index < -0.39 is 0 Å². The molecule has 15 heavy (non-hydrogen) atoms. The van der Waals surface area contributed by atoms with Crippen LogP contribution in [0.1, 0.15) is 54.9 Å². The van der Waals surface area contributed by atoms with Gasteiger partial charge in [0, 0.05) is 12.6 Å². The molecule has 0 radical (unpaired) electrons. The molecule has 0 aliphatic rings. The van der Waals surface area contributed by atoms with Crippen molar-refractivity contribution in [2.24, 2.45) is 17.3 Å². The van der Waals surface area contributed by atoms with Gasteiger partial charge in [-0.05, 0) is 44.6 Å². The highest BCUT2D eigenvalue weighted by atomic mass is 15.1. The van der Waals surface area contributed by atoms with E-state index in [4.69, 9.17) is 0 Å². The van der Waals surface area contributed by atoms with Crippen LogP contribution in [0.5, 0.6) is 0 Å². The summed E-state index contributed by atoms with van der Waals surface area (Å²) in [6, 6.07) is 0.659. The van der Waals surface area contributed by atoms with Gasteiger partial charge in [0.05, 0.1) is 0 Å². The molecule has 0 aromatic carbocycles. The number of hydrogen-bond acceptors (Lipinski definition) is 1. The Morgan fingerprint density at radius 2 is 1.47 bits per heavy atom. The van der Waals surface area contributed by atoms with E-state index in [9.17, 15) is 0 Å². The van der Waals surface area contributed by atoms with Crippen LogP contribution in [0.15, 0.2) is 0 Å². The van der Waals surface area contributed by atoms with Gasteiger partial charge in [0.15, 0.2) is 0 Å². The van der Waals surface area contributed by atoms with Crippen molar-refractivity contribution in [2.75, 3.05) is 13.6 Å². The quantitative estimate of drug-likeness (QED) is 0.666. The molecule has 0 aromatic rings. The molecular weight excluding hydrogens is 182 g/mol. The molecule has 0 aliphatic heterocycles. The summed E-state index contributed by atoms with van der Waals surface area (Å²) < 4.78 is 0. The first kappa shape index (κ1) is 15.0. The van der Waals surface area contributed by atoms with Gasteiger partial charge in [-0.3, -0.25) is 0 Å². The lowest BCUT2D eigenvalue weighted by Crippen LogP contribution is -2.35. The van der Waals surface area contributed by atoms with Crippen LogP contribution in [0.25, 0.3) is 0 Å². The minimum absolute atomic E-state index is 0.451. The van der Waals surface area contributed by atoms with E-state index in [1.165, 1.54) is 13.0 Å². The topological polar surface area (TPSA) is 3.24 Å². The van der Waals surface area contributed by atoms with Crippen molar-refractivity contribution in [1.82, 2.24) is 4.90 Å². The third-order valence-corrected chi connectivity index (χ3v) is 3.22. The van der Waals surface area contributed by atoms with Crippen LogP contribution >= 0.6 is 0 Å². The van der Waals surface area contributed by atoms with E-state index >= 15 is 0 Å². The van der Waals surface area contributed by atoms with Gasteiger partial charge in [0.25, 0.3) is 0 Å². The Bertz CT molecular complexity index is 165. The first-order chi connectivity index (χ1) is 6.63. The van der Waals surface area contributed by atoms with Crippen LogP contribution in [-0.4, -0.2) is 24.5 Å². The molecule has 0 saturated heterocycles. The molecule has 0 fully saturated rings. The van der Waals surface area contributed by atoms with Crippen LogP contribution in [0.2, 0.25) is 0 Å². The minimum atomic E-state index is 0.451. The van der Waals surface area contributed by atoms with Crippen LogP contribution in [0.3, 0.4) is 0 Å². The molecule has 0 rings (SSSR count). The first-order valence-corrected chi connectivity index (χ1v) is 6.33. The Morgan fingerprint density at radius 3 is 1.73 bits per heavy atom. The zero-order valence-corrected chi connectivity index (χ0v) is 12.1. The molecule has 0 spiro atoms. The van der Waals surface area contributed by atoms with E-state index in [2.05, 4.69) is 60.4 Å². The smallest absolute Gasteiger partial charge is 0.00356 e. The van der Waals surface area contributed by atoms with Gasteiger partial charge in [-0.2, -0.15) is 0 Å². The molecule has 1 atom stereocenters. The van der Waals surface area contributed by atoms with E-state index in [0.717, 1.165) is 11.8 Å². The Hall–Kier alpha value is -0.0400. The number of rotatable bonds is 5. The third kappa shape index (κ3) is 6.94. The minimum Gasteiger partial charge on any atom is -0.304 e. The van der Waals surface area contributed by atoms with Gasteiger partial charge in [-0.15, -0.1) is 0 Å². The summed E-state index contributed by atoms with van der Waals surface area (Å²) in [6.07, 6.45) is 1.32. The van der Waals surface area contributed by atoms with Crippen LogP contribution in [0, 0.1) is 17.3 Å². The van der Waals surface area contributed by atoms with Crippen molar-refractivity contribution < 1.29 is 0 Å². The average molecular weight is 213 g/mol. The van der Waals surface area contributed by atoms with Gasteiger partial charge < -0.3 is 4.90 Å². The zero-order valence-electron chi connectivity index (χ0n) is 12.1. The Kier molecular flexibility index (Phi) is 5.87. The predicted molar refractivity (Wildman–Crippen MR) is 70.2 cm³/mol. The van der Waals surface area contributed by atoms with Crippen molar-refractivity contribution in [3.63, 3.8) is 0 Å². The summed E-state index contributed by atoms with van der Waals surface area (Å²) in [5.74, 6) is 1.60. The summed E-state index contributed by atoms with van der Waals surface area (Å²) in [5, 5.41) is 0. The summed E-state index contributed by atoms with van der Waals surface area (Å²) in [7, 11) is 2.24. The predicted octanol–water partition coefficient (Wildman–Crippen LogP) is 4.04. The van der Waals surface area contributed by atoms with Gasteiger partial charge in [0.1, 0.15) is 0 Å². The number of nitrogens with zero attached hydrogens (tertiary/aromatic N) is 1. The van der Waals surface area contributed by atoms with Gasteiger partial charge in [0.2, 0.25) is 0 Å². The van der Waals surface area contributed by atoms with Gasteiger partial charge in [-0.1, -0.05) is 34.6 Å². The van der Waals surface area contributed by atoms with Crippen molar-refractivity contribution >= 4 is 0 Å². The zero-order chi connectivity index (χ0) is 12.2. The molecule has 0 aromatic heterocycles. The van der Waals surface area contributed by atoms with Crippen molar-refractivity contribution in [3.8, 4) is 0 Å². The summed E-state index contributed by atoms with van der Waals surface area (Å²) >= 11 is 0. The van der Waals surface area contributed by atoms with Crippen LogP contribution in [0.4, 0.5) is 0 Å². The molecule has 1 heteroatoms. The fourth-order valence-electron chi connectivity index (χ4n) is 1.88. The molecule has 0 N–H and O–H groups in total. The maximum atomic E-state index is 2.47. The standard InChI is InChI=1S/C14H31N/c1-11(2)13(9-14(5,6)7)10-15(8)12(3)4/h11-13H,9-10H2,1-8H3. The van der Waals surface area contributed by atoms with Crippen molar-refractivity contribution in [1.29, 1.82) is 0 Å². The molecule has 0 aliphatic carbocycles. The molecule has 1 unspecified atom stereocenters. The van der Waals surface area contributed by atoms with Crippen molar-refractivity contribution in [2.45, 2.75) is 60.9 Å². The Morgan fingerprint density at radius 1 is 1.00 bits per heavy atom. The monoisotopic (exact) mass is 213 g/mol. The summed E-state index contributed by atoms with van der Waals surface area (Å²) in [5.41, 5.74) is 0.451. The second kappa shape index (κ2) is 5.89. The largest absolute Gasteiger partial charge is 0.304 e. The maximum Gasteiger partial charge on any atom is 0.00356 e. The van der Waals surface area contributed by atoms with E-state index in [1.807, 2.05) is 0 Å². The molecule has 0 bridgehead atoms. The Balaban J connectivity index is 4.29. The molecule has 92 valence electrons. The third-order valence-electron chi connectivity index (χ3n) is 3.22. The molecule has 0 amide bonds. The number of hydrogen-bond donors (Lipinski definition) is 0. The molecule has 0 heterocycles. The first-order valence-electron chi connectivity index (χ1n) is 6.33. The summed E-state index contributed by atoms with van der Waals surface area (Å²) in [6.45, 7) is 17.5. The fraction of sp³-hybridized carbons (Fsp3) is 1.00. The van der Waals surface area contributed by atoms with Gasteiger partial charge in [-0.25, -0.2) is 0 Å². The lowest BCUT2D eigenvalue weighted by atomic mass is 9.79. The van der Waals surface area contributed by atoms with Crippen LogP contribution in [-0.2, 0) is 0 Å². The molecular formula is C14H31N. The average Bonchev–Trinajstić information content (AvgIpc) is 1.99. The summed E-state index contributed by atoms with van der Waals surface area (Å²) in [4.78, 5) is 2.47.